The molecule has 8 nitrogen and oxygen atoms in total. The summed E-state index contributed by atoms with van der Waals surface area (Å²) < 4.78 is 0. The minimum Gasteiger partial charge on any atom is -0.371 e. The molecule has 1 aromatic heterocycles. The first-order valence-electron chi connectivity index (χ1n) is 23.3. The number of hydrogen-bond donors (Lipinski definition) is 1. The van der Waals surface area contributed by atoms with E-state index in [4.69, 9.17) is 0 Å². The maximum absolute atomic E-state index is 14.2. The van der Waals surface area contributed by atoms with Crippen LogP contribution in [0.2, 0.25) is 0 Å². The number of nitrogens with zero attached hydrogens (tertiary/aromatic N) is 6. The molecular weight excluding hydrogens is 727 g/mol. The molecule has 0 unspecified atom stereocenters. The third kappa shape index (κ3) is 8.51. The zero-order valence-electron chi connectivity index (χ0n) is 36.2. The topological polar surface area (TPSA) is 72.8 Å². The van der Waals surface area contributed by atoms with Gasteiger partial charge in [0.2, 0.25) is 0 Å². The fraction of sp³-hybridized carbons (Fsp3) is 0.569. The molecule has 3 saturated heterocycles. The number of ketones is 1. The van der Waals surface area contributed by atoms with Crippen LogP contribution >= 0.6 is 0 Å². The number of fused-ring (bicyclic) bond motifs is 4. The number of anilines is 1. The molecule has 1 N–H and O–H groups in total. The number of nitriles is 1. The molecular formula is C51H67N7O. The van der Waals surface area contributed by atoms with Crippen LogP contribution in [0.5, 0.6) is 0 Å². The number of nitrogens with one attached hydrogen (secondary N) is 1. The van der Waals surface area contributed by atoms with Gasteiger partial charge < -0.3 is 9.88 Å². The second-order valence-corrected chi connectivity index (χ2v) is 19.2. The molecule has 1 saturated carbocycles. The number of aryl methyl sites for hydroxylation is 1. The molecule has 9 rings (SSSR count). The first kappa shape index (κ1) is 40.4. The van der Waals surface area contributed by atoms with Crippen LogP contribution in [0.4, 0.5) is 5.69 Å². The van der Waals surface area contributed by atoms with E-state index in [0.29, 0.717) is 11.6 Å². The summed E-state index contributed by atoms with van der Waals surface area (Å²) in [6, 6.07) is 22.7. The van der Waals surface area contributed by atoms with Crippen LogP contribution in [-0.4, -0.2) is 109 Å². The summed E-state index contributed by atoms with van der Waals surface area (Å²) in [5.41, 5.74) is 10.3. The third-order valence-electron chi connectivity index (χ3n) is 15.1. The fourth-order valence-electron chi connectivity index (χ4n) is 11.4. The molecule has 4 aromatic rings. The quantitative estimate of drug-likeness (QED) is 0.182. The second kappa shape index (κ2) is 17.5. The number of H-pyrrole nitrogens is 1. The van der Waals surface area contributed by atoms with Crippen molar-refractivity contribution in [2.75, 3.05) is 77.0 Å². The second-order valence-electron chi connectivity index (χ2n) is 19.2. The van der Waals surface area contributed by atoms with Crippen molar-refractivity contribution in [3.05, 3.63) is 99.2 Å². The average Bonchev–Trinajstić information content (AvgIpc) is 3.65. The highest BCUT2D eigenvalue weighted by molar-refractivity contribution is 6.20. The highest BCUT2D eigenvalue weighted by atomic mass is 16.1. The molecule has 0 amide bonds. The number of piperazine rings is 2. The van der Waals surface area contributed by atoms with E-state index in [0.717, 1.165) is 98.1 Å². The van der Waals surface area contributed by atoms with Crippen LogP contribution in [0.25, 0.3) is 10.9 Å². The average molecular weight is 794 g/mol. The lowest BCUT2D eigenvalue weighted by atomic mass is 9.70. The SMILES string of the molecule is CCc1cc2c(cc1N1CCC(N3CCN(CN4CCN(Cc5ccc(CC6CCCCCCC6)cc5)CC4)CC3)CC1)C(C)(C)c1[nH]c3cc(C#N)ccc3c1C2=O. The Hall–Kier alpha value is -4.00. The van der Waals surface area contributed by atoms with Gasteiger partial charge in [0.15, 0.2) is 5.78 Å². The number of aromatic amines is 1. The van der Waals surface area contributed by atoms with Crippen LogP contribution in [0.3, 0.4) is 0 Å². The molecule has 0 radical (unpaired) electrons. The van der Waals surface area contributed by atoms with E-state index in [-0.39, 0.29) is 11.2 Å². The van der Waals surface area contributed by atoms with Crippen molar-refractivity contribution < 1.29 is 4.79 Å². The van der Waals surface area contributed by atoms with Gasteiger partial charge in [0.05, 0.1) is 23.9 Å². The summed E-state index contributed by atoms with van der Waals surface area (Å²) in [5, 5.41) is 10.4. The molecule has 3 aliphatic heterocycles. The van der Waals surface area contributed by atoms with E-state index in [1.807, 2.05) is 18.2 Å². The van der Waals surface area contributed by atoms with Crippen molar-refractivity contribution in [3.63, 3.8) is 0 Å². The van der Waals surface area contributed by atoms with Crippen LogP contribution in [-0.2, 0) is 24.8 Å². The maximum Gasteiger partial charge on any atom is 0.195 e. The minimum absolute atomic E-state index is 0.0953. The molecule has 0 atom stereocenters. The van der Waals surface area contributed by atoms with Crippen molar-refractivity contribution in [1.29, 1.82) is 5.26 Å². The normalized spacial score (nSPS) is 21.9. The van der Waals surface area contributed by atoms with Gasteiger partial charge in [-0.05, 0) is 78.1 Å². The van der Waals surface area contributed by atoms with Gasteiger partial charge in [-0.3, -0.25) is 24.4 Å². The van der Waals surface area contributed by atoms with Gasteiger partial charge in [0.1, 0.15) is 0 Å². The van der Waals surface area contributed by atoms with E-state index >= 15 is 0 Å². The van der Waals surface area contributed by atoms with Crippen LogP contribution < -0.4 is 4.90 Å². The first-order chi connectivity index (χ1) is 28.8. The minimum atomic E-state index is -0.364. The largest absolute Gasteiger partial charge is 0.371 e. The summed E-state index contributed by atoms with van der Waals surface area (Å²) in [7, 11) is 0. The Bertz CT molecular complexity index is 2130. The van der Waals surface area contributed by atoms with Crippen molar-refractivity contribution in [2.45, 2.75) is 109 Å². The molecule has 0 spiro atoms. The number of carbonyl (C=O) groups excluding carboxylic acids is 1. The highest BCUT2D eigenvalue weighted by Crippen LogP contribution is 2.46. The lowest BCUT2D eigenvalue weighted by Gasteiger charge is -2.45. The number of hydrogen-bond acceptors (Lipinski definition) is 7. The Labute approximate surface area is 353 Å². The summed E-state index contributed by atoms with van der Waals surface area (Å²) in [6.07, 6.45) is 14.6. The van der Waals surface area contributed by atoms with Gasteiger partial charge in [-0.15, -0.1) is 0 Å². The number of rotatable bonds is 9. The van der Waals surface area contributed by atoms with Gasteiger partial charge in [-0.25, -0.2) is 0 Å². The predicted octanol–water partition coefficient (Wildman–Crippen LogP) is 8.74. The Kier molecular flexibility index (Phi) is 12.0. The van der Waals surface area contributed by atoms with Gasteiger partial charge in [0, 0.05) is 111 Å². The smallest absolute Gasteiger partial charge is 0.195 e. The van der Waals surface area contributed by atoms with Gasteiger partial charge >= 0.3 is 0 Å². The van der Waals surface area contributed by atoms with Crippen LogP contribution in [0.15, 0.2) is 54.6 Å². The van der Waals surface area contributed by atoms with Crippen molar-refractivity contribution in [1.82, 2.24) is 24.6 Å². The zero-order chi connectivity index (χ0) is 40.5. The Balaban J connectivity index is 0.739. The number of carbonyl (C=O) groups is 1. The Morgan fingerprint density at radius 1 is 0.746 bits per heavy atom. The number of benzene rings is 3. The fourth-order valence-corrected chi connectivity index (χ4v) is 11.4. The standard InChI is InChI=1S/C51H67N7O/c1-4-41-32-44-45(51(2,3)50-48(49(44)59)43-17-16-40(34-52)31-46(43)53-50)33-47(41)58-20-18-42(19-21-58)57-28-26-56(27-29-57)36-55-24-22-54(23-25-55)35-39-14-12-38(13-15-39)30-37-10-8-6-5-7-9-11-37/h12-17,31-33,37,42,53H,4-11,18-30,35-36H2,1-3H3. The lowest BCUT2D eigenvalue weighted by molar-refractivity contribution is 0.0285. The molecule has 8 heteroatoms. The summed E-state index contributed by atoms with van der Waals surface area (Å²) in [4.78, 5) is 31.1. The maximum atomic E-state index is 14.2. The summed E-state index contributed by atoms with van der Waals surface area (Å²) in [6.45, 7) is 20.3. The van der Waals surface area contributed by atoms with E-state index in [1.54, 1.807) is 5.56 Å². The predicted molar refractivity (Wildman–Crippen MR) is 240 cm³/mol. The third-order valence-corrected chi connectivity index (χ3v) is 15.1. The number of piperidine rings is 1. The first-order valence-corrected chi connectivity index (χ1v) is 23.3. The molecule has 5 aliphatic rings. The van der Waals surface area contributed by atoms with E-state index < -0.39 is 0 Å². The van der Waals surface area contributed by atoms with Crippen LogP contribution in [0.1, 0.15) is 128 Å². The van der Waals surface area contributed by atoms with Gasteiger partial charge in [-0.2, -0.15) is 5.26 Å². The number of aromatic nitrogens is 1. The van der Waals surface area contributed by atoms with Crippen molar-refractivity contribution >= 4 is 22.4 Å². The summed E-state index contributed by atoms with van der Waals surface area (Å²) >= 11 is 0. The van der Waals surface area contributed by atoms with E-state index in [2.05, 4.69) is 92.7 Å². The molecule has 0 bridgehead atoms. The van der Waals surface area contributed by atoms with Crippen molar-refractivity contribution in [2.24, 2.45) is 5.92 Å². The zero-order valence-corrected chi connectivity index (χ0v) is 36.2. The Morgan fingerprint density at radius 3 is 2.07 bits per heavy atom. The van der Waals surface area contributed by atoms with Crippen molar-refractivity contribution in [3.8, 4) is 6.07 Å². The molecule has 2 aliphatic carbocycles. The lowest BCUT2D eigenvalue weighted by Crippen LogP contribution is -2.56. The molecule has 3 aromatic carbocycles. The Morgan fingerprint density at radius 2 is 1.39 bits per heavy atom. The molecule has 59 heavy (non-hydrogen) atoms. The molecule has 312 valence electrons. The highest BCUT2D eigenvalue weighted by Gasteiger charge is 2.41. The molecule has 4 heterocycles. The van der Waals surface area contributed by atoms with E-state index in [1.165, 1.54) is 107 Å². The van der Waals surface area contributed by atoms with Gasteiger partial charge in [-0.1, -0.05) is 96.0 Å². The van der Waals surface area contributed by atoms with Crippen LogP contribution in [0, 0.1) is 17.2 Å². The summed E-state index contributed by atoms with van der Waals surface area (Å²) in [5.74, 6) is 0.985. The van der Waals surface area contributed by atoms with E-state index in [9.17, 15) is 10.1 Å². The monoisotopic (exact) mass is 794 g/mol. The van der Waals surface area contributed by atoms with Gasteiger partial charge in [0.25, 0.3) is 0 Å². The molecule has 4 fully saturated rings.